The lowest BCUT2D eigenvalue weighted by Gasteiger charge is -2.23. The largest absolute Gasteiger partial charge is 0.493 e. The highest BCUT2D eigenvalue weighted by molar-refractivity contribution is 5.74. The third-order valence-corrected chi connectivity index (χ3v) is 4.45. The summed E-state index contributed by atoms with van der Waals surface area (Å²) in [4.78, 5) is 14.2. The molecule has 1 N–H and O–H groups in total. The quantitative estimate of drug-likeness (QED) is 0.786. The van der Waals surface area contributed by atoms with E-state index in [0.717, 1.165) is 24.1 Å². The van der Waals surface area contributed by atoms with E-state index in [1.54, 1.807) is 37.0 Å². The molecule has 1 aromatic heterocycles. The zero-order chi connectivity index (χ0) is 19.1. The number of hydrogen-bond acceptors (Lipinski definition) is 4. The molecule has 0 aliphatic rings. The van der Waals surface area contributed by atoms with Crippen LogP contribution in [0.5, 0.6) is 11.5 Å². The summed E-state index contributed by atoms with van der Waals surface area (Å²) in [6.07, 6.45) is 3.27. The first kappa shape index (κ1) is 19.6. The summed E-state index contributed by atoms with van der Waals surface area (Å²) < 4.78 is 12.4. The fourth-order valence-electron chi connectivity index (χ4n) is 2.80. The van der Waals surface area contributed by atoms with Crippen LogP contribution in [0.2, 0.25) is 0 Å². The maximum Gasteiger partial charge on any atom is 0.317 e. The van der Waals surface area contributed by atoms with Crippen LogP contribution in [0, 0.1) is 0 Å². The van der Waals surface area contributed by atoms with Gasteiger partial charge in [0.1, 0.15) is 0 Å². The third kappa shape index (κ3) is 4.68. The van der Waals surface area contributed by atoms with Gasteiger partial charge < -0.3 is 19.7 Å². The molecule has 2 rings (SSSR count). The summed E-state index contributed by atoms with van der Waals surface area (Å²) in [6, 6.07) is 7.58. The Morgan fingerprint density at radius 3 is 2.58 bits per heavy atom. The van der Waals surface area contributed by atoms with Crippen LogP contribution in [0.1, 0.15) is 30.6 Å². The summed E-state index contributed by atoms with van der Waals surface area (Å²) in [6.45, 7) is 2.64. The lowest BCUT2D eigenvalue weighted by molar-refractivity contribution is 0.204. The number of carbonyl (C=O) groups excluding carboxylic acids is 1. The van der Waals surface area contributed by atoms with Crippen molar-refractivity contribution in [1.82, 2.24) is 20.0 Å². The number of urea groups is 1. The molecule has 0 saturated carbocycles. The molecule has 26 heavy (non-hydrogen) atoms. The van der Waals surface area contributed by atoms with Crippen molar-refractivity contribution < 1.29 is 14.3 Å². The molecule has 1 atom stereocenters. The molecular formula is C19H28N4O3. The molecule has 1 heterocycles. The van der Waals surface area contributed by atoms with Crippen molar-refractivity contribution in [2.75, 3.05) is 27.8 Å². The van der Waals surface area contributed by atoms with E-state index in [1.807, 2.05) is 38.2 Å². The van der Waals surface area contributed by atoms with Gasteiger partial charge in [0, 0.05) is 26.8 Å². The number of rotatable bonds is 8. The molecule has 0 radical (unpaired) electrons. The van der Waals surface area contributed by atoms with E-state index in [-0.39, 0.29) is 12.1 Å². The van der Waals surface area contributed by atoms with Crippen molar-refractivity contribution >= 4 is 6.03 Å². The predicted molar refractivity (Wildman–Crippen MR) is 101 cm³/mol. The molecule has 2 amide bonds. The molecule has 0 aliphatic carbocycles. The van der Waals surface area contributed by atoms with Crippen LogP contribution in [0.25, 0.3) is 0 Å². The van der Waals surface area contributed by atoms with Crippen molar-refractivity contribution in [3.05, 3.63) is 41.7 Å². The van der Waals surface area contributed by atoms with E-state index in [2.05, 4.69) is 10.4 Å². The van der Waals surface area contributed by atoms with Crippen LogP contribution in [0.4, 0.5) is 4.79 Å². The number of aryl methyl sites for hydroxylation is 1. The van der Waals surface area contributed by atoms with E-state index >= 15 is 0 Å². The summed E-state index contributed by atoms with van der Waals surface area (Å²) in [5.41, 5.74) is 2.08. The van der Waals surface area contributed by atoms with Crippen LogP contribution in [-0.4, -0.2) is 48.5 Å². The molecule has 7 heteroatoms. The van der Waals surface area contributed by atoms with Crippen LogP contribution < -0.4 is 14.8 Å². The van der Waals surface area contributed by atoms with Gasteiger partial charge in [-0.05, 0) is 36.6 Å². The SMILES string of the molecule is CCC(NC(=O)N(C)CCc1ccc(OC)c(OC)c1)c1ccnn1C. The van der Waals surface area contributed by atoms with Crippen molar-refractivity contribution in [2.45, 2.75) is 25.8 Å². The number of nitrogens with one attached hydrogen (secondary N) is 1. The standard InChI is InChI=1S/C19H28N4O3/c1-6-15(16-9-11-20-23(16)3)21-19(24)22(2)12-10-14-7-8-17(25-4)18(13-14)26-5/h7-9,11,13,15H,6,10,12H2,1-5H3,(H,21,24). The van der Waals surface area contributed by atoms with Crippen LogP contribution in [0.15, 0.2) is 30.5 Å². The van der Waals surface area contributed by atoms with Gasteiger partial charge in [-0.15, -0.1) is 0 Å². The van der Waals surface area contributed by atoms with Gasteiger partial charge in [0.2, 0.25) is 0 Å². The second-order valence-corrected chi connectivity index (χ2v) is 6.15. The molecular weight excluding hydrogens is 332 g/mol. The Kier molecular flexibility index (Phi) is 6.89. The van der Waals surface area contributed by atoms with E-state index < -0.39 is 0 Å². The molecule has 0 saturated heterocycles. The van der Waals surface area contributed by atoms with Crippen LogP contribution >= 0.6 is 0 Å². The van der Waals surface area contributed by atoms with Crippen LogP contribution in [-0.2, 0) is 13.5 Å². The second kappa shape index (κ2) is 9.12. The molecule has 0 spiro atoms. The summed E-state index contributed by atoms with van der Waals surface area (Å²) in [7, 11) is 6.91. The number of nitrogens with zero attached hydrogens (tertiary/aromatic N) is 3. The molecule has 0 bridgehead atoms. The number of hydrogen-bond donors (Lipinski definition) is 1. The van der Waals surface area contributed by atoms with Crippen molar-refractivity contribution in [2.24, 2.45) is 7.05 Å². The average molecular weight is 360 g/mol. The zero-order valence-corrected chi connectivity index (χ0v) is 16.2. The molecule has 142 valence electrons. The summed E-state index contributed by atoms with van der Waals surface area (Å²) in [5.74, 6) is 1.39. The van der Waals surface area contributed by atoms with E-state index in [1.165, 1.54) is 0 Å². The van der Waals surface area contributed by atoms with Gasteiger partial charge >= 0.3 is 6.03 Å². The Hall–Kier alpha value is -2.70. The molecule has 0 fully saturated rings. The maximum atomic E-state index is 12.5. The van der Waals surface area contributed by atoms with Gasteiger partial charge in [0.05, 0.1) is 26.0 Å². The maximum absolute atomic E-state index is 12.5. The van der Waals surface area contributed by atoms with Crippen molar-refractivity contribution in [1.29, 1.82) is 0 Å². The van der Waals surface area contributed by atoms with Gasteiger partial charge in [-0.25, -0.2) is 4.79 Å². The monoisotopic (exact) mass is 360 g/mol. The smallest absolute Gasteiger partial charge is 0.317 e. The Morgan fingerprint density at radius 2 is 2.00 bits per heavy atom. The Labute approximate surface area is 154 Å². The minimum Gasteiger partial charge on any atom is -0.493 e. The number of amides is 2. The fourth-order valence-corrected chi connectivity index (χ4v) is 2.80. The first-order chi connectivity index (χ1) is 12.5. The molecule has 1 unspecified atom stereocenters. The number of methoxy groups -OCH3 is 2. The Morgan fingerprint density at radius 1 is 1.27 bits per heavy atom. The minimum atomic E-state index is -0.0986. The Balaban J connectivity index is 1.93. The normalized spacial score (nSPS) is 11.7. The van der Waals surface area contributed by atoms with Crippen LogP contribution in [0.3, 0.4) is 0 Å². The number of carbonyl (C=O) groups is 1. The van der Waals surface area contributed by atoms with Gasteiger partial charge in [0.25, 0.3) is 0 Å². The molecule has 1 aromatic carbocycles. The number of ether oxygens (including phenoxy) is 2. The first-order valence-electron chi connectivity index (χ1n) is 8.70. The van der Waals surface area contributed by atoms with E-state index in [9.17, 15) is 4.79 Å². The highest BCUT2D eigenvalue weighted by Gasteiger charge is 2.18. The summed E-state index contributed by atoms with van der Waals surface area (Å²) >= 11 is 0. The molecule has 7 nitrogen and oxygen atoms in total. The number of likely N-dealkylation sites (N-methyl/N-ethyl adjacent to an activating group) is 1. The van der Waals surface area contributed by atoms with Gasteiger partial charge in [-0.3, -0.25) is 4.68 Å². The summed E-state index contributed by atoms with van der Waals surface area (Å²) in [5, 5.41) is 7.24. The lowest BCUT2D eigenvalue weighted by Crippen LogP contribution is -2.40. The minimum absolute atomic E-state index is 0.0569. The zero-order valence-electron chi connectivity index (χ0n) is 16.2. The van der Waals surface area contributed by atoms with Crippen molar-refractivity contribution in [3.8, 4) is 11.5 Å². The van der Waals surface area contributed by atoms with Gasteiger partial charge in [-0.1, -0.05) is 13.0 Å². The van der Waals surface area contributed by atoms with Crippen molar-refractivity contribution in [3.63, 3.8) is 0 Å². The van der Waals surface area contributed by atoms with Gasteiger partial charge in [0.15, 0.2) is 11.5 Å². The van der Waals surface area contributed by atoms with E-state index in [0.29, 0.717) is 18.0 Å². The topological polar surface area (TPSA) is 68.6 Å². The second-order valence-electron chi connectivity index (χ2n) is 6.15. The fraction of sp³-hybridized carbons (Fsp3) is 0.474. The third-order valence-electron chi connectivity index (χ3n) is 4.45. The Bertz CT molecular complexity index is 729. The highest BCUT2D eigenvalue weighted by atomic mass is 16.5. The molecule has 0 aliphatic heterocycles. The average Bonchev–Trinajstić information content (AvgIpc) is 3.09. The van der Waals surface area contributed by atoms with E-state index in [4.69, 9.17) is 9.47 Å². The number of aromatic nitrogens is 2. The van der Waals surface area contributed by atoms with Gasteiger partial charge in [-0.2, -0.15) is 5.10 Å². The lowest BCUT2D eigenvalue weighted by atomic mass is 10.1. The number of benzene rings is 1. The first-order valence-corrected chi connectivity index (χ1v) is 8.70. The highest BCUT2D eigenvalue weighted by Crippen LogP contribution is 2.27. The predicted octanol–water partition coefficient (Wildman–Crippen LogP) is 2.77. The molecule has 2 aromatic rings.